The SMILES string of the molecule is Clc1ccc(Nc2c(Cl)c(Cl)nc(Cl)c2Cl)cc1. The molecule has 0 aliphatic rings. The molecule has 0 spiro atoms. The minimum absolute atomic E-state index is 0.0857. The number of aromatic nitrogens is 1. The summed E-state index contributed by atoms with van der Waals surface area (Å²) in [6, 6.07) is 7.01. The van der Waals surface area contributed by atoms with Crippen molar-refractivity contribution in [3.63, 3.8) is 0 Å². The molecule has 0 unspecified atom stereocenters. The Morgan fingerprint density at radius 2 is 1.28 bits per heavy atom. The Morgan fingerprint density at radius 1 is 0.778 bits per heavy atom. The number of hydrogen-bond donors (Lipinski definition) is 1. The van der Waals surface area contributed by atoms with E-state index in [1.54, 1.807) is 24.3 Å². The Balaban J connectivity index is 2.42. The van der Waals surface area contributed by atoms with Crippen LogP contribution in [0.15, 0.2) is 24.3 Å². The summed E-state index contributed by atoms with van der Waals surface area (Å²) in [4.78, 5) is 3.79. The van der Waals surface area contributed by atoms with Gasteiger partial charge in [0.15, 0.2) is 10.3 Å². The molecule has 0 amide bonds. The van der Waals surface area contributed by atoms with E-state index in [2.05, 4.69) is 10.3 Å². The van der Waals surface area contributed by atoms with Crippen molar-refractivity contribution in [2.45, 2.75) is 0 Å². The molecular weight excluding hydrogens is 337 g/mol. The van der Waals surface area contributed by atoms with Gasteiger partial charge in [0.05, 0.1) is 5.69 Å². The van der Waals surface area contributed by atoms with E-state index in [4.69, 9.17) is 58.0 Å². The fourth-order valence-electron chi connectivity index (χ4n) is 1.27. The monoisotopic (exact) mass is 340 g/mol. The normalized spacial score (nSPS) is 10.5. The zero-order valence-electron chi connectivity index (χ0n) is 8.65. The molecule has 1 N–H and O–H groups in total. The first-order valence-electron chi connectivity index (χ1n) is 4.71. The summed E-state index contributed by atoms with van der Waals surface area (Å²) in [7, 11) is 0. The first-order chi connectivity index (χ1) is 8.49. The molecular formula is C11H5Cl5N2. The van der Waals surface area contributed by atoms with Crippen LogP contribution in [0.3, 0.4) is 0 Å². The van der Waals surface area contributed by atoms with Crippen LogP contribution >= 0.6 is 58.0 Å². The standard InChI is InChI=1S/C11H5Cl5N2/c12-5-1-3-6(4-2-5)17-9-7(13)10(15)18-11(16)8(9)14/h1-4H,(H,17,18). The van der Waals surface area contributed by atoms with Crippen LogP contribution in [-0.4, -0.2) is 4.98 Å². The summed E-state index contributed by atoms with van der Waals surface area (Å²) in [6.45, 7) is 0. The highest BCUT2D eigenvalue weighted by molar-refractivity contribution is 6.48. The van der Waals surface area contributed by atoms with Gasteiger partial charge in [0.1, 0.15) is 10.0 Å². The summed E-state index contributed by atoms with van der Waals surface area (Å²) in [5.41, 5.74) is 1.16. The van der Waals surface area contributed by atoms with Gasteiger partial charge in [-0.1, -0.05) is 58.0 Å². The molecule has 0 bridgehead atoms. The van der Waals surface area contributed by atoms with Crippen molar-refractivity contribution in [2.75, 3.05) is 5.32 Å². The zero-order chi connectivity index (χ0) is 13.3. The Morgan fingerprint density at radius 3 is 1.78 bits per heavy atom. The van der Waals surface area contributed by atoms with Crippen LogP contribution in [0, 0.1) is 0 Å². The summed E-state index contributed by atoms with van der Waals surface area (Å²) in [6.07, 6.45) is 0. The third kappa shape index (κ3) is 2.95. The molecule has 0 aliphatic carbocycles. The lowest BCUT2D eigenvalue weighted by Crippen LogP contribution is -1.95. The van der Waals surface area contributed by atoms with Crippen LogP contribution in [0.25, 0.3) is 0 Å². The summed E-state index contributed by atoms with van der Waals surface area (Å²) in [5.74, 6) is 0. The number of benzene rings is 1. The van der Waals surface area contributed by atoms with Crippen LogP contribution in [0.5, 0.6) is 0 Å². The smallest absolute Gasteiger partial charge is 0.151 e. The molecule has 2 nitrogen and oxygen atoms in total. The fourth-order valence-corrected chi connectivity index (χ4v) is 2.22. The molecule has 2 aromatic rings. The quantitative estimate of drug-likeness (QED) is 0.668. The maximum absolute atomic E-state index is 6.03. The predicted octanol–water partition coefficient (Wildman–Crippen LogP) is 6.09. The van der Waals surface area contributed by atoms with Gasteiger partial charge in [-0.2, -0.15) is 0 Å². The van der Waals surface area contributed by atoms with E-state index in [1.807, 2.05) is 0 Å². The van der Waals surface area contributed by atoms with Crippen LogP contribution in [0.2, 0.25) is 25.4 Å². The van der Waals surface area contributed by atoms with Crippen molar-refractivity contribution in [3.8, 4) is 0 Å². The fraction of sp³-hybridized carbons (Fsp3) is 0. The Bertz CT molecular complexity index is 557. The Kier molecular flexibility index (Phi) is 4.46. The first kappa shape index (κ1) is 14.0. The molecule has 2 rings (SSSR count). The molecule has 0 fully saturated rings. The molecule has 0 atom stereocenters. The topological polar surface area (TPSA) is 24.9 Å². The van der Waals surface area contributed by atoms with E-state index in [-0.39, 0.29) is 20.4 Å². The molecule has 0 radical (unpaired) electrons. The van der Waals surface area contributed by atoms with E-state index < -0.39 is 0 Å². The molecule has 0 saturated carbocycles. The number of nitrogens with zero attached hydrogens (tertiary/aromatic N) is 1. The van der Waals surface area contributed by atoms with Crippen LogP contribution in [0.4, 0.5) is 11.4 Å². The lowest BCUT2D eigenvalue weighted by atomic mass is 10.3. The largest absolute Gasteiger partial charge is 0.353 e. The van der Waals surface area contributed by atoms with Gasteiger partial charge in [-0.15, -0.1) is 0 Å². The Hall–Kier alpha value is -0.380. The second-order valence-electron chi connectivity index (χ2n) is 3.33. The number of halogens is 5. The second kappa shape index (κ2) is 5.72. The van der Waals surface area contributed by atoms with E-state index >= 15 is 0 Å². The van der Waals surface area contributed by atoms with Crippen molar-refractivity contribution in [3.05, 3.63) is 49.6 Å². The minimum Gasteiger partial charge on any atom is -0.353 e. The number of pyridine rings is 1. The zero-order valence-corrected chi connectivity index (χ0v) is 12.4. The van der Waals surface area contributed by atoms with E-state index in [0.29, 0.717) is 10.7 Å². The van der Waals surface area contributed by atoms with Crippen LogP contribution in [-0.2, 0) is 0 Å². The maximum Gasteiger partial charge on any atom is 0.151 e. The second-order valence-corrected chi connectivity index (χ2v) is 5.24. The Labute approximate surface area is 129 Å². The van der Waals surface area contributed by atoms with Crippen molar-refractivity contribution < 1.29 is 0 Å². The van der Waals surface area contributed by atoms with Crippen LogP contribution < -0.4 is 5.32 Å². The highest BCUT2D eigenvalue weighted by atomic mass is 35.5. The van der Waals surface area contributed by atoms with Crippen LogP contribution in [0.1, 0.15) is 0 Å². The lowest BCUT2D eigenvalue weighted by Gasteiger charge is -2.12. The van der Waals surface area contributed by atoms with Gasteiger partial charge >= 0.3 is 0 Å². The molecule has 1 aromatic carbocycles. The molecule has 7 heteroatoms. The summed E-state index contributed by atoms with van der Waals surface area (Å²) in [5, 5.41) is 4.24. The average molecular weight is 342 g/mol. The summed E-state index contributed by atoms with van der Waals surface area (Å²) >= 11 is 29.5. The van der Waals surface area contributed by atoms with Gasteiger partial charge in [0.25, 0.3) is 0 Å². The van der Waals surface area contributed by atoms with Gasteiger partial charge < -0.3 is 5.32 Å². The molecule has 18 heavy (non-hydrogen) atoms. The summed E-state index contributed by atoms with van der Waals surface area (Å²) < 4.78 is 0. The lowest BCUT2D eigenvalue weighted by molar-refractivity contribution is 1.32. The number of nitrogens with one attached hydrogen (secondary N) is 1. The van der Waals surface area contributed by atoms with Crippen molar-refractivity contribution >= 4 is 69.4 Å². The number of rotatable bonds is 2. The highest BCUT2D eigenvalue weighted by Gasteiger charge is 2.15. The number of anilines is 2. The number of hydrogen-bond acceptors (Lipinski definition) is 2. The molecule has 0 aliphatic heterocycles. The molecule has 1 aromatic heterocycles. The van der Waals surface area contributed by atoms with E-state index in [1.165, 1.54) is 0 Å². The van der Waals surface area contributed by atoms with Gasteiger partial charge in [0.2, 0.25) is 0 Å². The first-order valence-corrected chi connectivity index (χ1v) is 6.60. The maximum atomic E-state index is 6.03. The van der Waals surface area contributed by atoms with Gasteiger partial charge in [-0.05, 0) is 24.3 Å². The molecule has 1 heterocycles. The van der Waals surface area contributed by atoms with Gasteiger partial charge in [-0.3, -0.25) is 0 Å². The third-order valence-electron chi connectivity index (χ3n) is 2.11. The van der Waals surface area contributed by atoms with Gasteiger partial charge in [0, 0.05) is 10.7 Å². The third-order valence-corrected chi connectivity index (χ3v) is 3.84. The van der Waals surface area contributed by atoms with Crippen molar-refractivity contribution in [1.82, 2.24) is 4.98 Å². The molecule has 94 valence electrons. The minimum atomic E-state index is 0.0857. The van der Waals surface area contributed by atoms with Crippen molar-refractivity contribution in [1.29, 1.82) is 0 Å². The van der Waals surface area contributed by atoms with E-state index in [0.717, 1.165) is 5.69 Å². The van der Waals surface area contributed by atoms with E-state index in [9.17, 15) is 0 Å². The van der Waals surface area contributed by atoms with Crippen molar-refractivity contribution in [2.24, 2.45) is 0 Å². The van der Waals surface area contributed by atoms with Gasteiger partial charge in [-0.25, -0.2) is 4.98 Å². The molecule has 0 saturated heterocycles. The average Bonchev–Trinajstić information content (AvgIpc) is 2.34. The highest BCUT2D eigenvalue weighted by Crippen LogP contribution is 2.40. The predicted molar refractivity (Wildman–Crippen MR) is 79.0 cm³/mol.